The first-order chi connectivity index (χ1) is 46.4. The molecule has 0 atom stereocenters. The zero-order valence-corrected chi connectivity index (χ0v) is 50.8. The van der Waals surface area contributed by atoms with E-state index in [1.807, 2.05) is 0 Å². The second kappa shape index (κ2) is 30.6. The molecule has 3 rings (SSSR count). The van der Waals surface area contributed by atoms with E-state index in [0.29, 0.717) is 0 Å². The van der Waals surface area contributed by atoms with Crippen LogP contribution in [0.1, 0.15) is 92.0 Å². The minimum atomic E-state index is -8.58. The molecule has 600 valence electrons. The van der Waals surface area contributed by atoms with Gasteiger partial charge < -0.3 is 29.2 Å². The first-order valence-electron chi connectivity index (χ1n) is 27.9. The third-order valence-electron chi connectivity index (χ3n) is 14.9. The molecule has 12 nitrogen and oxygen atoms in total. The molecule has 0 amide bonds. The smallest absolute Gasteiger partial charge is 0.493 e. The van der Waals surface area contributed by atoms with Crippen LogP contribution < -0.4 is 14.3 Å². The third-order valence-corrected chi connectivity index (χ3v) is 14.9. The highest BCUT2D eigenvalue weighted by Gasteiger charge is 2.93. The number of hydrogen-bond donors (Lipinski definition) is 2. The monoisotopic (exact) mass is 1610 g/mol. The van der Waals surface area contributed by atoms with Crippen LogP contribution in [0.3, 0.4) is 0 Å². The highest BCUT2D eigenvalue weighted by atomic mass is 19.5. The summed E-state index contributed by atoms with van der Waals surface area (Å²) < 4.78 is 565. The van der Waals surface area contributed by atoms with E-state index in [-0.39, 0.29) is 66.2 Å². The Kier molecular flexibility index (Phi) is 26.8. The first kappa shape index (κ1) is 91.0. The molecule has 0 bridgehead atoms. The SMILES string of the molecule is COc1cc(COC(=O)On2c(O)ccc2O)c([N+](=O)[O-])cc1OCCCCCCOCc1cc(CCCC(F)(F)C(F)(F)C(F)(F)C(F)(F)C(F)(F)C(F)(F)F)c(CCCC(F)(F)C(F)(F)C(F)(F)C(F)(F)C(F)(F)C(F)(F)F)c(CCCC(F)(F)C(F)(F)C(F)(F)C(F)(F)C(F)(F)C(F)(F)F)c1. The number of nitro benzene ring substituents is 1. The lowest BCUT2D eigenvalue weighted by Gasteiger charge is -2.40. The lowest BCUT2D eigenvalue weighted by Crippen LogP contribution is -2.70. The summed E-state index contributed by atoms with van der Waals surface area (Å²) in [6, 6.07) is 4.00. The van der Waals surface area contributed by atoms with Crippen LogP contribution in [0.4, 0.5) is 182 Å². The molecule has 0 saturated carbocycles. The molecule has 1 aromatic heterocycles. The van der Waals surface area contributed by atoms with Crippen molar-refractivity contribution < 1.29 is 215 Å². The summed E-state index contributed by atoms with van der Waals surface area (Å²) in [6.07, 6.45) is -48.3. The number of carbonyl (C=O) groups excluding carboxylic acids is 1. The Hall–Kier alpha value is -7.18. The standard InChI is InChI=1S/C53H45F39N2O10/c1-100-31-21-28(24-103-35(97)104-93-33(95)12-13-34(93)96)30(94(98)99)22-32(31)102-18-5-3-2-4-17-101-23-25-19-26(9-6-14-36(54,55)39(60,61)42(66,67)45(72,73)48(78,79)51(84,85)86)29(11-8-16-38(58,59)41(64,65)44(70,71)47(76,77)50(82,83)53(90,91)92)27(20-25)10-7-15-37(56,57)40(62,63)43(68,69)46(74,75)49(80,81)52(87,88)89/h12-13,19-22,95-96H,2-11,14-18,23-24H2,1H3. The molecule has 51 heteroatoms. The maximum Gasteiger partial charge on any atom is 0.534 e. The minimum absolute atomic E-state index is 0.0262. The summed E-state index contributed by atoms with van der Waals surface area (Å²) in [4.78, 5) is 27.5. The minimum Gasteiger partial charge on any atom is -0.493 e. The van der Waals surface area contributed by atoms with Crippen molar-refractivity contribution >= 4 is 11.8 Å². The molecule has 0 aliphatic carbocycles. The van der Waals surface area contributed by atoms with E-state index < -0.39 is 236 Å². The number of nitro groups is 1. The average molecular weight is 1610 g/mol. The number of nitrogens with zero attached hydrogens (tertiary/aromatic N) is 2. The number of aromatic nitrogens is 1. The van der Waals surface area contributed by atoms with Gasteiger partial charge in [-0.3, -0.25) is 15.0 Å². The average Bonchev–Trinajstić information content (AvgIpc) is 0.745. The molecular formula is C53H45F39N2O10. The molecule has 0 aliphatic rings. The van der Waals surface area contributed by atoms with E-state index >= 15 is 26.3 Å². The second-order valence-corrected chi connectivity index (χ2v) is 22.1. The van der Waals surface area contributed by atoms with Crippen molar-refractivity contribution in [2.75, 3.05) is 20.3 Å². The fourth-order valence-electron chi connectivity index (χ4n) is 9.00. The molecule has 1 heterocycles. The topological polar surface area (TPSA) is 152 Å². The molecule has 0 aliphatic heterocycles. The fraction of sp³-hybridized carbons (Fsp3) is 0.679. The molecule has 0 saturated heterocycles. The highest BCUT2D eigenvalue weighted by Crippen LogP contribution is 2.64. The van der Waals surface area contributed by atoms with Crippen molar-refractivity contribution in [2.45, 2.75) is 204 Å². The Morgan fingerprint density at radius 1 is 0.413 bits per heavy atom. The predicted octanol–water partition coefficient (Wildman–Crippen LogP) is 19.9. The summed E-state index contributed by atoms with van der Waals surface area (Å²) in [5.41, 5.74) is -6.17. The lowest BCUT2D eigenvalue weighted by molar-refractivity contribution is -0.440. The Morgan fingerprint density at radius 3 is 1.09 bits per heavy atom. The van der Waals surface area contributed by atoms with Crippen LogP contribution in [0.15, 0.2) is 36.4 Å². The Balaban J connectivity index is 2.12. The van der Waals surface area contributed by atoms with E-state index in [4.69, 9.17) is 18.9 Å². The Morgan fingerprint density at radius 2 is 0.750 bits per heavy atom. The van der Waals surface area contributed by atoms with E-state index in [9.17, 15) is 170 Å². The van der Waals surface area contributed by atoms with Crippen LogP contribution in [0.2, 0.25) is 0 Å². The van der Waals surface area contributed by atoms with Crippen LogP contribution >= 0.6 is 0 Å². The van der Waals surface area contributed by atoms with Crippen LogP contribution in [-0.2, 0) is 41.9 Å². The normalized spacial score (nSPS) is 14.7. The highest BCUT2D eigenvalue weighted by molar-refractivity contribution is 5.61. The van der Waals surface area contributed by atoms with Gasteiger partial charge in [-0.1, -0.05) is 18.6 Å². The Bertz CT molecular complexity index is 3300. The van der Waals surface area contributed by atoms with Crippen LogP contribution in [0.25, 0.3) is 0 Å². The molecule has 2 N–H and O–H groups in total. The van der Waals surface area contributed by atoms with Gasteiger partial charge in [-0.15, -0.1) is 4.73 Å². The number of halogens is 39. The molecular weight excluding hydrogens is 1570 g/mol. The van der Waals surface area contributed by atoms with Gasteiger partial charge in [0.2, 0.25) is 11.8 Å². The van der Waals surface area contributed by atoms with Crippen LogP contribution in [0, 0.1) is 10.1 Å². The summed E-state index contributed by atoms with van der Waals surface area (Å²) in [7, 11) is 1.02. The second-order valence-electron chi connectivity index (χ2n) is 22.1. The van der Waals surface area contributed by atoms with E-state index in [1.54, 1.807) is 0 Å². The largest absolute Gasteiger partial charge is 0.534 e. The molecule has 0 spiro atoms. The predicted molar refractivity (Wildman–Crippen MR) is 265 cm³/mol. The molecule has 2 aromatic carbocycles. The van der Waals surface area contributed by atoms with Crippen molar-refractivity contribution in [2.24, 2.45) is 0 Å². The number of benzene rings is 2. The molecule has 0 radical (unpaired) electrons. The van der Waals surface area contributed by atoms with Gasteiger partial charge in [0.1, 0.15) is 6.61 Å². The van der Waals surface area contributed by atoms with Crippen molar-refractivity contribution in [1.29, 1.82) is 0 Å². The number of methoxy groups -OCH3 is 1. The zero-order chi connectivity index (χ0) is 81.3. The summed E-state index contributed by atoms with van der Waals surface area (Å²) in [5, 5.41) is 31.1. The van der Waals surface area contributed by atoms with Gasteiger partial charge in [0.05, 0.1) is 36.9 Å². The van der Waals surface area contributed by atoms with Gasteiger partial charge in [0, 0.05) is 38.0 Å². The number of unbranched alkanes of at least 4 members (excludes halogenated alkanes) is 3. The summed E-state index contributed by atoms with van der Waals surface area (Å²) in [6.45, 7) is -3.13. The van der Waals surface area contributed by atoms with Crippen molar-refractivity contribution in [3.05, 3.63) is 74.3 Å². The number of aromatic hydroxyl groups is 2. The van der Waals surface area contributed by atoms with Gasteiger partial charge >= 0.3 is 114 Å². The lowest BCUT2D eigenvalue weighted by atomic mass is 9.86. The van der Waals surface area contributed by atoms with Crippen LogP contribution in [-0.4, -0.2) is 154 Å². The quantitative estimate of drug-likeness (QED) is 0.0186. The third kappa shape index (κ3) is 17.1. The van der Waals surface area contributed by atoms with Crippen molar-refractivity contribution in [3.63, 3.8) is 0 Å². The van der Waals surface area contributed by atoms with Crippen LogP contribution in [0.5, 0.6) is 23.3 Å². The number of carbonyl (C=O) groups is 1. The van der Waals surface area contributed by atoms with Crippen molar-refractivity contribution in [3.8, 4) is 23.3 Å². The molecule has 104 heavy (non-hydrogen) atoms. The van der Waals surface area contributed by atoms with Gasteiger partial charge in [-0.2, -0.15) is 171 Å². The summed E-state index contributed by atoms with van der Waals surface area (Å²) in [5.74, 6) is -124. The van der Waals surface area contributed by atoms with Gasteiger partial charge in [-0.25, -0.2) is 4.79 Å². The maximum absolute atomic E-state index is 15.0. The summed E-state index contributed by atoms with van der Waals surface area (Å²) >= 11 is 0. The Labute approximate surface area is 553 Å². The van der Waals surface area contributed by atoms with Crippen molar-refractivity contribution in [1.82, 2.24) is 4.73 Å². The number of hydrogen-bond acceptors (Lipinski definition) is 10. The number of rotatable bonds is 39. The number of aryl methyl sites for hydroxylation is 2. The van der Waals surface area contributed by atoms with Gasteiger partial charge in [0.15, 0.2) is 11.5 Å². The maximum atomic E-state index is 15.0. The van der Waals surface area contributed by atoms with Gasteiger partial charge in [-0.05, 0) is 86.1 Å². The van der Waals surface area contributed by atoms with E-state index in [1.165, 1.54) is 0 Å². The molecule has 0 fully saturated rings. The first-order valence-corrected chi connectivity index (χ1v) is 27.9. The number of ether oxygens (including phenoxy) is 4. The molecule has 0 unspecified atom stereocenters. The number of alkyl halides is 39. The van der Waals surface area contributed by atoms with E-state index in [2.05, 4.69) is 4.84 Å². The fourth-order valence-corrected chi connectivity index (χ4v) is 9.00. The zero-order valence-electron chi connectivity index (χ0n) is 50.8. The van der Waals surface area contributed by atoms with E-state index in [0.717, 1.165) is 31.4 Å². The molecule has 3 aromatic rings. The van der Waals surface area contributed by atoms with Gasteiger partial charge in [0.25, 0.3) is 5.69 Å².